The van der Waals surface area contributed by atoms with E-state index in [0.29, 0.717) is 24.9 Å². The number of para-hydroxylation sites is 1. The summed E-state index contributed by atoms with van der Waals surface area (Å²) in [5.74, 6) is -2.17. The molecule has 1 aromatic rings. The van der Waals surface area contributed by atoms with E-state index in [0.717, 1.165) is 19.3 Å². The van der Waals surface area contributed by atoms with Crippen molar-refractivity contribution in [1.29, 1.82) is 0 Å². The molecule has 0 fully saturated rings. The molecule has 0 spiro atoms. The Morgan fingerprint density at radius 1 is 0.892 bits per heavy atom. The van der Waals surface area contributed by atoms with Gasteiger partial charge in [-0.3, -0.25) is 9.59 Å². The van der Waals surface area contributed by atoms with Gasteiger partial charge in [0.05, 0.1) is 0 Å². The molecule has 0 aliphatic heterocycles. The lowest BCUT2D eigenvalue weighted by molar-refractivity contribution is -0.158. The minimum Gasteiger partial charge on any atom is -0.461 e. The number of esters is 1. The molecular formula is C30H47BrClNO4. The maximum absolute atomic E-state index is 13.5. The van der Waals surface area contributed by atoms with Crippen molar-refractivity contribution < 1.29 is 19.1 Å². The van der Waals surface area contributed by atoms with Crippen molar-refractivity contribution in [3.63, 3.8) is 0 Å². The average Bonchev–Trinajstić information content (AvgIpc) is 2.84. The molecule has 37 heavy (non-hydrogen) atoms. The predicted molar refractivity (Wildman–Crippen MR) is 157 cm³/mol. The molecule has 0 heterocycles. The lowest BCUT2D eigenvalue weighted by atomic mass is 9.82. The zero-order chi connectivity index (χ0) is 27.9. The molecule has 0 radical (unpaired) electrons. The number of Topliss-reactive ketones (excluding diaryl/α,β-unsaturated/α-hetero) is 1. The fraction of sp³-hybridized carbons (Fsp3) is 0.700. The summed E-state index contributed by atoms with van der Waals surface area (Å²) in [6.45, 7) is 9.18. The molecule has 1 amide bonds. The molecule has 7 heteroatoms. The number of carbonyl (C=O) groups is 3. The summed E-state index contributed by atoms with van der Waals surface area (Å²) < 4.78 is 3.74. The topological polar surface area (TPSA) is 72.5 Å². The van der Waals surface area contributed by atoms with Crippen molar-refractivity contribution in [1.82, 2.24) is 0 Å². The van der Waals surface area contributed by atoms with E-state index in [9.17, 15) is 14.4 Å². The average molecular weight is 601 g/mol. The molecule has 0 aliphatic rings. The summed E-state index contributed by atoms with van der Waals surface area (Å²) in [5, 5.41) is 2.64. The third kappa shape index (κ3) is 12.3. The fourth-order valence-electron chi connectivity index (χ4n) is 4.14. The van der Waals surface area contributed by atoms with Gasteiger partial charge in [-0.1, -0.05) is 113 Å². The molecule has 1 rings (SSSR count). The number of halogens is 2. The summed E-state index contributed by atoms with van der Waals surface area (Å²) in [7, 11) is 0. The summed E-state index contributed by atoms with van der Waals surface area (Å²) in [6.07, 6.45) is 12.3. The Morgan fingerprint density at radius 3 is 1.95 bits per heavy atom. The van der Waals surface area contributed by atoms with Gasteiger partial charge in [0.1, 0.15) is 6.10 Å². The maximum atomic E-state index is 13.5. The first-order valence-electron chi connectivity index (χ1n) is 13.9. The Kier molecular flexibility index (Phi) is 15.7. The maximum Gasteiger partial charge on any atom is 0.340 e. The third-order valence-corrected chi connectivity index (χ3v) is 7.67. The van der Waals surface area contributed by atoms with E-state index in [-0.39, 0.29) is 5.38 Å². The van der Waals surface area contributed by atoms with Crippen molar-refractivity contribution in [2.24, 2.45) is 5.41 Å². The van der Waals surface area contributed by atoms with E-state index in [4.69, 9.17) is 16.3 Å². The summed E-state index contributed by atoms with van der Waals surface area (Å²) in [6, 6.07) is 8.76. The van der Waals surface area contributed by atoms with E-state index in [2.05, 4.69) is 28.2 Å². The first-order valence-corrected chi connectivity index (χ1v) is 15.1. The van der Waals surface area contributed by atoms with Crippen molar-refractivity contribution in [2.45, 2.75) is 127 Å². The zero-order valence-corrected chi connectivity index (χ0v) is 25.8. The zero-order valence-electron chi connectivity index (χ0n) is 23.4. The number of anilines is 1. The van der Waals surface area contributed by atoms with Gasteiger partial charge in [-0.15, -0.1) is 11.6 Å². The van der Waals surface area contributed by atoms with Crippen LogP contribution in [0.25, 0.3) is 0 Å². The molecule has 5 nitrogen and oxygen atoms in total. The van der Waals surface area contributed by atoms with Gasteiger partial charge >= 0.3 is 5.97 Å². The van der Waals surface area contributed by atoms with E-state index in [1.807, 2.05) is 13.0 Å². The molecule has 0 aliphatic carbocycles. The highest BCUT2D eigenvalue weighted by Crippen LogP contribution is 2.34. The van der Waals surface area contributed by atoms with E-state index < -0.39 is 33.5 Å². The van der Waals surface area contributed by atoms with Gasteiger partial charge in [0.15, 0.2) is 5.78 Å². The summed E-state index contributed by atoms with van der Waals surface area (Å²) in [4.78, 5) is 40.3. The molecule has 1 N–H and O–H groups in total. The molecule has 1 aromatic carbocycles. The van der Waals surface area contributed by atoms with Crippen molar-refractivity contribution in [3.05, 3.63) is 30.3 Å². The van der Waals surface area contributed by atoms with Crippen LogP contribution in [0.4, 0.5) is 5.69 Å². The SMILES string of the molecule is CCCCCCCCCCCC(CCC(C)Cl)OC(=O)C(Br)(C(=O)Nc1ccccc1)C(=O)C(C)(C)C. The van der Waals surface area contributed by atoms with Crippen LogP contribution >= 0.6 is 27.5 Å². The number of amides is 1. The number of benzene rings is 1. The van der Waals surface area contributed by atoms with Crippen LogP contribution in [0.1, 0.15) is 112 Å². The monoisotopic (exact) mass is 599 g/mol. The largest absolute Gasteiger partial charge is 0.461 e. The molecule has 3 atom stereocenters. The summed E-state index contributed by atoms with van der Waals surface area (Å²) in [5.41, 5.74) is -0.457. The van der Waals surface area contributed by atoms with Gasteiger partial charge in [0.25, 0.3) is 10.2 Å². The lowest BCUT2D eigenvalue weighted by Crippen LogP contribution is -2.56. The number of rotatable bonds is 18. The van der Waals surface area contributed by atoms with Crippen molar-refractivity contribution >= 4 is 50.9 Å². The Labute approximate surface area is 238 Å². The lowest BCUT2D eigenvalue weighted by Gasteiger charge is -2.31. The Bertz CT molecular complexity index is 825. The van der Waals surface area contributed by atoms with Gasteiger partial charge in [0, 0.05) is 16.5 Å². The van der Waals surface area contributed by atoms with Crippen LogP contribution < -0.4 is 5.32 Å². The number of carbonyl (C=O) groups excluding carboxylic acids is 3. The molecule has 0 aromatic heterocycles. The van der Waals surface area contributed by atoms with Gasteiger partial charge < -0.3 is 10.1 Å². The van der Waals surface area contributed by atoms with Crippen LogP contribution in [0, 0.1) is 5.41 Å². The second kappa shape index (κ2) is 17.2. The number of nitrogens with one attached hydrogen (secondary N) is 1. The Balaban J connectivity index is 2.88. The Morgan fingerprint density at radius 2 is 1.43 bits per heavy atom. The quantitative estimate of drug-likeness (QED) is 0.0792. The van der Waals surface area contributed by atoms with Crippen LogP contribution in [0.5, 0.6) is 0 Å². The standard InChI is InChI=1S/C30H47BrClNO4/c1-6-7-8-9-10-11-12-13-17-20-25(22-21-23(2)32)37-28(36)30(31,26(34)29(3,4)5)27(35)33-24-18-15-14-16-19-24/h14-16,18-19,23,25H,6-13,17,20-22H2,1-5H3,(H,33,35). The molecule has 0 saturated heterocycles. The number of hydrogen-bond acceptors (Lipinski definition) is 4. The van der Waals surface area contributed by atoms with Gasteiger partial charge in [-0.05, 0) is 44.7 Å². The van der Waals surface area contributed by atoms with Gasteiger partial charge in [0.2, 0.25) is 0 Å². The second-order valence-corrected chi connectivity index (χ2v) is 13.0. The number of ether oxygens (including phenoxy) is 1. The number of hydrogen-bond donors (Lipinski definition) is 1. The van der Waals surface area contributed by atoms with Gasteiger partial charge in [-0.25, -0.2) is 4.79 Å². The molecule has 0 saturated carbocycles. The summed E-state index contributed by atoms with van der Waals surface area (Å²) >= 11 is 9.44. The number of alkyl halides is 2. The minimum atomic E-state index is -2.15. The molecule has 210 valence electrons. The first-order chi connectivity index (χ1) is 17.4. The van der Waals surface area contributed by atoms with Crippen LogP contribution in [-0.2, 0) is 19.1 Å². The first kappa shape index (κ1) is 33.6. The normalized spacial score (nSPS) is 14.9. The van der Waals surface area contributed by atoms with Crippen molar-refractivity contribution in [2.75, 3.05) is 5.32 Å². The second-order valence-electron chi connectivity index (χ2n) is 11.1. The predicted octanol–water partition coefficient (Wildman–Crippen LogP) is 8.61. The van der Waals surface area contributed by atoms with Crippen LogP contribution in [0.15, 0.2) is 30.3 Å². The highest BCUT2D eigenvalue weighted by molar-refractivity contribution is 9.11. The highest BCUT2D eigenvalue weighted by Gasteiger charge is 2.56. The smallest absolute Gasteiger partial charge is 0.340 e. The number of ketones is 1. The molecular weight excluding hydrogens is 554 g/mol. The third-order valence-electron chi connectivity index (χ3n) is 6.41. The number of unbranched alkanes of at least 4 members (excludes halogenated alkanes) is 8. The highest BCUT2D eigenvalue weighted by atomic mass is 79.9. The van der Waals surface area contributed by atoms with Crippen LogP contribution in [0.3, 0.4) is 0 Å². The van der Waals surface area contributed by atoms with Crippen molar-refractivity contribution in [3.8, 4) is 0 Å². The molecule has 0 bridgehead atoms. The molecule has 3 unspecified atom stereocenters. The minimum absolute atomic E-state index is 0.0596. The van der Waals surface area contributed by atoms with E-state index >= 15 is 0 Å². The fourth-order valence-corrected chi connectivity index (χ4v) is 5.05. The Hall–Kier alpha value is -1.40. The van der Waals surface area contributed by atoms with Crippen LogP contribution in [0.2, 0.25) is 0 Å². The van der Waals surface area contributed by atoms with E-state index in [1.165, 1.54) is 38.5 Å². The van der Waals surface area contributed by atoms with E-state index in [1.54, 1.807) is 45.0 Å². The van der Waals surface area contributed by atoms with Gasteiger partial charge in [-0.2, -0.15) is 0 Å². The van der Waals surface area contributed by atoms with Crippen LogP contribution in [-0.4, -0.2) is 33.5 Å².